The first-order valence-corrected chi connectivity index (χ1v) is 18.5. The minimum atomic E-state index is -0.521. The van der Waals surface area contributed by atoms with Gasteiger partial charge in [-0.25, -0.2) is 9.78 Å². The van der Waals surface area contributed by atoms with Gasteiger partial charge in [-0.3, -0.25) is 15.0 Å². The summed E-state index contributed by atoms with van der Waals surface area (Å²) in [6.07, 6.45) is 6.30. The third-order valence-corrected chi connectivity index (χ3v) is 9.80. The zero-order valence-electron chi connectivity index (χ0n) is 29.7. The zero-order chi connectivity index (χ0) is 35.8. The highest BCUT2D eigenvalue weighted by atomic mass is 32.2. The maximum absolute atomic E-state index is 13.2. The molecule has 2 aromatic carbocycles. The van der Waals surface area contributed by atoms with Gasteiger partial charge in [0, 0.05) is 38.0 Å². The normalized spacial score (nSPS) is 18.4. The summed E-state index contributed by atoms with van der Waals surface area (Å²) in [7, 11) is 1.43. The highest BCUT2D eigenvalue weighted by molar-refractivity contribution is 8.13. The maximum atomic E-state index is 13.2. The molecule has 0 unspecified atom stereocenters. The number of hydrogen-bond acceptors (Lipinski definition) is 10. The lowest BCUT2D eigenvalue weighted by atomic mass is 9.82. The number of rotatable bonds is 11. The number of ether oxygens (including phenoxy) is 4. The average molecular weight is 708 g/mol. The lowest BCUT2D eigenvalue weighted by molar-refractivity contribution is -0.146. The van der Waals surface area contributed by atoms with Gasteiger partial charge in [0.15, 0.2) is 0 Å². The number of carbonyl (C=O) groups excluding carboxylic acids is 3. The highest BCUT2D eigenvalue weighted by Gasteiger charge is 2.29. The lowest BCUT2D eigenvalue weighted by Crippen LogP contribution is -2.44. The first-order chi connectivity index (χ1) is 23.9. The second kappa shape index (κ2) is 16.6. The van der Waals surface area contributed by atoms with Crippen molar-refractivity contribution in [1.29, 1.82) is 5.41 Å². The van der Waals surface area contributed by atoms with Crippen LogP contribution in [0, 0.1) is 17.2 Å². The Morgan fingerprint density at radius 3 is 2.30 bits per heavy atom. The number of likely N-dealkylation sites (tertiary alicyclic amines) is 1. The molecule has 2 N–H and O–H groups in total. The summed E-state index contributed by atoms with van der Waals surface area (Å²) in [6, 6.07) is 13.1. The molecular weight excluding hydrogens is 659 g/mol. The molecule has 0 atom stereocenters. The standard InChI is InChI=1S/C37H49N5O7S/c1-37(2,3)49-36(45)41-18-16-29(17-19-41)48-28-13-11-27(12-14-28)47-23-32-40-30-20-26(34(38)50-5)10-15-31(30)42(32)22-33(43)39-21-24-6-8-25(9-7-24)35(44)46-4/h10-15,20,24-25,29,38H,6-9,16-19,21-23H2,1-5H3,(H,39,43). The van der Waals surface area contributed by atoms with E-state index in [1.165, 1.54) is 18.9 Å². The number of amides is 2. The van der Waals surface area contributed by atoms with Gasteiger partial charge in [0.05, 0.1) is 29.1 Å². The number of thioether (sulfide) groups is 1. The predicted octanol–water partition coefficient (Wildman–Crippen LogP) is 6.18. The molecule has 2 amide bonds. The molecule has 2 fully saturated rings. The number of methoxy groups -OCH3 is 1. The number of nitrogens with one attached hydrogen (secondary N) is 2. The SMILES string of the molecule is COC(=O)C1CCC(CNC(=O)Cn2c(COc3ccc(OC4CCN(C(=O)OC(C)(C)C)CC4)cc3)nc3cc(C(=N)SC)ccc32)CC1. The second-order valence-electron chi connectivity index (χ2n) is 13.9. The summed E-state index contributed by atoms with van der Waals surface area (Å²) in [5.74, 6) is 1.94. The van der Waals surface area contributed by atoms with Gasteiger partial charge in [0.25, 0.3) is 0 Å². The number of esters is 1. The molecule has 2 aliphatic rings. The number of fused-ring (bicyclic) bond motifs is 1. The van der Waals surface area contributed by atoms with Crippen LogP contribution in [-0.2, 0) is 32.2 Å². The summed E-state index contributed by atoms with van der Waals surface area (Å²) in [5.41, 5.74) is 1.72. The largest absolute Gasteiger partial charge is 0.490 e. The molecule has 50 heavy (non-hydrogen) atoms. The van der Waals surface area contributed by atoms with Gasteiger partial charge in [-0.2, -0.15) is 0 Å². The monoisotopic (exact) mass is 707 g/mol. The smallest absolute Gasteiger partial charge is 0.410 e. The number of piperidine rings is 1. The number of benzene rings is 2. The van der Waals surface area contributed by atoms with Crippen molar-refractivity contribution in [2.75, 3.05) is 33.0 Å². The van der Waals surface area contributed by atoms with Gasteiger partial charge in [-0.1, -0.05) is 6.07 Å². The average Bonchev–Trinajstić information content (AvgIpc) is 3.45. The summed E-state index contributed by atoms with van der Waals surface area (Å²) in [5, 5.41) is 11.8. The van der Waals surface area contributed by atoms with Crippen molar-refractivity contribution in [2.45, 2.75) is 84.2 Å². The van der Waals surface area contributed by atoms with Crippen molar-refractivity contribution >= 4 is 45.8 Å². The molecule has 13 heteroatoms. The quantitative estimate of drug-likeness (QED) is 0.136. The number of aromatic nitrogens is 2. The second-order valence-corrected chi connectivity index (χ2v) is 14.8. The molecular formula is C37H49N5O7S. The van der Waals surface area contributed by atoms with Gasteiger partial charge < -0.3 is 33.7 Å². The van der Waals surface area contributed by atoms with Gasteiger partial charge in [-0.05, 0) is 95.0 Å². The molecule has 1 saturated heterocycles. The third kappa shape index (κ3) is 9.92. The van der Waals surface area contributed by atoms with Crippen LogP contribution in [0.4, 0.5) is 4.79 Å². The van der Waals surface area contributed by atoms with E-state index in [1.807, 2.05) is 74.1 Å². The van der Waals surface area contributed by atoms with E-state index in [0.29, 0.717) is 47.7 Å². The molecule has 12 nitrogen and oxygen atoms in total. The number of imidazole rings is 1. The van der Waals surface area contributed by atoms with Crippen LogP contribution in [0.25, 0.3) is 11.0 Å². The molecule has 0 spiro atoms. The molecule has 3 aromatic rings. The molecule has 0 bridgehead atoms. The fraction of sp³-hybridized carbons (Fsp3) is 0.541. The summed E-state index contributed by atoms with van der Waals surface area (Å²) < 4.78 is 24.6. The zero-order valence-corrected chi connectivity index (χ0v) is 30.5. The van der Waals surface area contributed by atoms with Gasteiger partial charge in [-0.15, -0.1) is 11.8 Å². The van der Waals surface area contributed by atoms with E-state index in [4.69, 9.17) is 29.3 Å². The minimum Gasteiger partial charge on any atom is -0.490 e. The minimum absolute atomic E-state index is 0.00104. The highest BCUT2D eigenvalue weighted by Crippen LogP contribution is 2.29. The number of hydrogen-bond donors (Lipinski definition) is 2. The van der Waals surface area contributed by atoms with E-state index < -0.39 is 5.60 Å². The first-order valence-electron chi connectivity index (χ1n) is 17.3. The first kappa shape index (κ1) is 37.0. The van der Waals surface area contributed by atoms with Crippen molar-refractivity contribution in [2.24, 2.45) is 11.8 Å². The van der Waals surface area contributed by atoms with Crippen LogP contribution < -0.4 is 14.8 Å². The van der Waals surface area contributed by atoms with Crippen LogP contribution in [0.3, 0.4) is 0 Å². The van der Waals surface area contributed by atoms with Gasteiger partial charge in [0.1, 0.15) is 42.2 Å². The summed E-state index contributed by atoms with van der Waals surface area (Å²) >= 11 is 1.36. The predicted molar refractivity (Wildman–Crippen MR) is 193 cm³/mol. The Kier molecular flexibility index (Phi) is 12.3. The molecule has 1 aliphatic heterocycles. The number of carbonyl (C=O) groups is 3. The van der Waals surface area contributed by atoms with Crippen LogP contribution in [-0.4, -0.2) is 82.2 Å². The Morgan fingerprint density at radius 2 is 1.66 bits per heavy atom. The van der Waals surface area contributed by atoms with E-state index in [0.717, 1.165) is 55.4 Å². The van der Waals surface area contributed by atoms with Crippen molar-refractivity contribution in [3.05, 3.63) is 53.9 Å². The van der Waals surface area contributed by atoms with Gasteiger partial charge >= 0.3 is 12.1 Å². The van der Waals surface area contributed by atoms with Crippen molar-refractivity contribution in [3.63, 3.8) is 0 Å². The van der Waals surface area contributed by atoms with Crippen molar-refractivity contribution in [1.82, 2.24) is 19.8 Å². The van der Waals surface area contributed by atoms with E-state index in [1.54, 1.807) is 4.90 Å². The van der Waals surface area contributed by atoms with E-state index >= 15 is 0 Å². The molecule has 5 rings (SSSR count). The van der Waals surface area contributed by atoms with Crippen LogP contribution in [0.1, 0.15) is 70.7 Å². The molecule has 2 heterocycles. The van der Waals surface area contributed by atoms with Crippen LogP contribution in [0.5, 0.6) is 11.5 Å². The summed E-state index contributed by atoms with van der Waals surface area (Å²) in [6.45, 7) is 7.52. The third-order valence-electron chi connectivity index (χ3n) is 9.15. The maximum Gasteiger partial charge on any atom is 0.410 e. The Labute approximate surface area is 298 Å². The van der Waals surface area contributed by atoms with E-state index in [9.17, 15) is 14.4 Å². The van der Waals surface area contributed by atoms with Crippen molar-refractivity contribution in [3.8, 4) is 11.5 Å². The van der Waals surface area contributed by atoms with Gasteiger partial charge in [0.2, 0.25) is 5.91 Å². The Morgan fingerprint density at radius 1 is 0.980 bits per heavy atom. The molecule has 1 saturated carbocycles. The van der Waals surface area contributed by atoms with Crippen LogP contribution in [0.2, 0.25) is 0 Å². The fourth-order valence-electron chi connectivity index (χ4n) is 6.39. The summed E-state index contributed by atoms with van der Waals surface area (Å²) in [4.78, 5) is 44.0. The van der Waals surface area contributed by atoms with Crippen LogP contribution in [0.15, 0.2) is 42.5 Å². The molecule has 270 valence electrons. The van der Waals surface area contributed by atoms with Crippen molar-refractivity contribution < 1.29 is 33.3 Å². The fourth-order valence-corrected chi connectivity index (χ4v) is 6.75. The van der Waals surface area contributed by atoms with Crippen LogP contribution >= 0.6 is 11.8 Å². The molecule has 1 aliphatic carbocycles. The van der Waals surface area contributed by atoms with E-state index in [2.05, 4.69) is 5.32 Å². The Bertz CT molecular complexity index is 1650. The molecule has 1 aromatic heterocycles. The topological polar surface area (TPSA) is 145 Å². The molecule has 0 radical (unpaired) electrons. The van der Waals surface area contributed by atoms with E-state index in [-0.39, 0.29) is 43.1 Å². The Hall–Kier alpha value is -4.26. The Balaban J connectivity index is 1.18. The lowest BCUT2D eigenvalue weighted by Gasteiger charge is -2.33. The number of nitrogens with zero attached hydrogens (tertiary/aromatic N) is 3.